The molecule has 8 heteroatoms. The van der Waals surface area contributed by atoms with E-state index in [0.29, 0.717) is 41.9 Å². The summed E-state index contributed by atoms with van der Waals surface area (Å²) in [5, 5.41) is 0.972. The number of nitrogens with zero attached hydrogens (tertiary/aromatic N) is 3. The van der Waals surface area contributed by atoms with Gasteiger partial charge in [-0.1, -0.05) is 41.9 Å². The SMILES string of the molecule is O=c1c2cc(Cl)ccc2ncn1C1CCN(S(=O)(=O)Cc2ccccc2)CC1. The molecule has 0 radical (unpaired) electrons. The highest BCUT2D eigenvalue weighted by Gasteiger charge is 2.29. The third-order valence-corrected chi connectivity index (χ3v) is 7.23. The largest absolute Gasteiger partial charge is 0.296 e. The molecule has 1 aliphatic rings. The van der Waals surface area contributed by atoms with Gasteiger partial charge in [-0.2, -0.15) is 0 Å². The fraction of sp³-hybridized carbons (Fsp3) is 0.300. The lowest BCUT2D eigenvalue weighted by Crippen LogP contribution is -2.41. The lowest BCUT2D eigenvalue weighted by atomic mass is 10.1. The normalized spacial score (nSPS) is 16.5. The van der Waals surface area contributed by atoms with Gasteiger partial charge in [0.25, 0.3) is 5.56 Å². The predicted octanol–water partition coefficient (Wildman–Crippen LogP) is 3.22. The van der Waals surface area contributed by atoms with Crippen molar-refractivity contribution in [2.45, 2.75) is 24.6 Å². The van der Waals surface area contributed by atoms with Crippen molar-refractivity contribution in [3.05, 3.63) is 75.8 Å². The maximum absolute atomic E-state index is 12.8. The molecule has 0 bridgehead atoms. The van der Waals surface area contributed by atoms with Crippen LogP contribution in [0.1, 0.15) is 24.4 Å². The second-order valence-corrected chi connectivity index (χ2v) is 9.40. The van der Waals surface area contributed by atoms with Gasteiger partial charge in [0.05, 0.1) is 23.0 Å². The van der Waals surface area contributed by atoms with Gasteiger partial charge in [0, 0.05) is 24.2 Å². The number of benzene rings is 2. The Morgan fingerprint density at radius 3 is 2.50 bits per heavy atom. The summed E-state index contributed by atoms with van der Waals surface area (Å²) in [6, 6.07) is 14.1. The Morgan fingerprint density at radius 1 is 1.07 bits per heavy atom. The van der Waals surface area contributed by atoms with Crippen LogP contribution >= 0.6 is 11.6 Å². The Morgan fingerprint density at radius 2 is 1.79 bits per heavy atom. The summed E-state index contributed by atoms with van der Waals surface area (Å²) in [7, 11) is -3.38. The molecular formula is C20H20ClN3O3S. The topological polar surface area (TPSA) is 72.3 Å². The Kier molecular flexibility index (Phi) is 5.23. The van der Waals surface area contributed by atoms with Crippen LogP contribution in [-0.2, 0) is 15.8 Å². The van der Waals surface area contributed by atoms with Crippen LogP contribution < -0.4 is 5.56 Å². The van der Waals surface area contributed by atoms with E-state index in [1.165, 1.54) is 4.31 Å². The van der Waals surface area contributed by atoms with Crippen LogP contribution in [0.2, 0.25) is 5.02 Å². The van der Waals surface area contributed by atoms with Crippen LogP contribution in [0, 0.1) is 0 Å². The predicted molar refractivity (Wildman–Crippen MR) is 110 cm³/mol. The zero-order valence-electron chi connectivity index (χ0n) is 15.2. The van der Waals surface area contributed by atoms with Gasteiger partial charge >= 0.3 is 0 Å². The highest BCUT2D eigenvalue weighted by Crippen LogP contribution is 2.25. The van der Waals surface area contributed by atoms with E-state index in [9.17, 15) is 13.2 Å². The van der Waals surface area contributed by atoms with Gasteiger partial charge in [-0.25, -0.2) is 17.7 Å². The Balaban J connectivity index is 1.51. The number of hydrogen-bond donors (Lipinski definition) is 0. The number of sulfonamides is 1. The second-order valence-electron chi connectivity index (χ2n) is 6.99. The minimum atomic E-state index is -3.38. The van der Waals surface area contributed by atoms with E-state index in [2.05, 4.69) is 4.98 Å². The van der Waals surface area contributed by atoms with Gasteiger partial charge in [-0.05, 0) is 36.6 Å². The summed E-state index contributed by atoms with van der Waals surface area (Å²) >= 11 is 6.02. The molecule has 1 aliphatic heterocycles. The molecule has 0 N–H and O–H groups in total. The van der Waals surface area contributed by atoms with Crippen molar-refractivity contribution >= 4 is 32.5 Å². The average Bonchev–Trinajstić information content (AvgIpc) is 2.69. The molecule has 0 aliphatic carbocycles. The molecule has 6 nitrogen and oxygen atoms in total. The molecule has 0 amide bonds. The second kappa shape index (κ2) is 7.66. The van der Waals surface area contributed by atoms with E-state index in [1.54, 1.807) is 29.1 Å². The summed E-state index contributed by atoms with van der Waals surface area (Å²) in [4.78, 5) is 17.2. The molecule has 2 heterocycles. The van der Waals surface area contributed by atoms with E-state index >= 15 is 0 Å². The zero-order valence-corrected chi connectivity index (χ0v) is 16.7. The first kappa shape index (κ1) is 19.1. The highest BCUT2D eigenvalue weighted by molar-refractivity contribution is 7.88. The molecular weight excluding hydrogens is 398 g/mol. The summed E-state index contributed by atoms with van der Waals surface area (Å²) in [5.74, 6) is -0.00547. The highest BCUT2D eigenvalue weighted by atomic mass is 35.5. The average molecular weight is 418 g/mol. The molecule has 28 heavy (non-hydrogen) atoms. The molecule has 0 atom stereocenters. The first-order valence-electron chi connectivity index (χ1n) is 9.12. The molecule has 1 fully saturated rings. The van der Waals surface area contributed by atoms with Gasteiger partial charge in [0.2, 0.25) is 10.0 Å². The maximum atomic E-state index is 12.8. The van der Waals surface area contributed by atoms with Crippen LogP contribution in [0.5, 0.6) is 0 Å². The van der Waals surface area contributed by atoms with E-state index in [1.807, 2.05) is 30.3 Å². The fourth-order valence-corrected chi connectivity index (χ4v) is 5.38. The Bertz CT molecular complexity index is 1150. The van der Waals surface area contributed by atoms with E-state index < -0.39 is 10.0 Å². The molecule has 0 unspecified atom stereocenters. The lowest BCUT2D eigenvalue weighted by molar-refractivity contribution is 0.269. The van der Waals surface area contributed by atoms with E-state index in [0.717, 1.165) is 5.56 Å². The summed E-state index contributed by atoms with van der Waals surface area (Å²) in [6.45, 7) is 0.777. The van der Waals surface area contributed by atoms with Gasteiger partial charge in [-0.3, -0.25) is 9.36 Å². The van der Waals surface area contributed by atoms with Crippen LogP contribution in [-0.4, -0.2) is 35.4 Å². The summed E-state index contributed by atoms with van der Waals surface area (Å²) in [5.41, 5.74) is 1.24. The third-order valence-electron chi connectivity index (χ3n) is 5.15. The van der Waals surface area contributed by atoms with Crippen LogP contribution in [0.15, 0.2) is 59.7 Å². The van der Waals surface area contributed by atoms with Gasteiger partial charge in [0.1, 0.15) is 0 Å². The van der Waals surface area contributed by atoms with Crippen molar-refractivity contribution in [3.63, 3.8) is 0 Å². The number of hydrogen-bond acceptors (Lipinski definition) is 4. The van der Waals surface area contributed by atoms with E-state index in [4.69, 9.17) is 11.6 Å². The number of halogens is 1. The molecule has 1 aromatic heterocycles. The maximum Gasteiger partial charge on any atom is 0.261 e. The molecule has 3 aromatic rings. The quantitative estimate of drug-likeness (QED) is 0.653. The minimum absolute atomic E-state index is 0.00547. The zero-order chi connectivity index (χ0) is 19.7. The van der Waals surface area contributed by atoms with Crippen molar-refractivity contribution in [2.75, 3.05) is 13.1 Å². The van der Waals surface area contributed by atoms with Crippen LogP contribution in [0.3, 0.4) is 0 Å². The van der Waals surface area contributed by atoms with E-state index in [-0.39, 0.29) is 17.4 Å². The summed E-state index contributed by atoms with van der Waals surface area (Å²) < 4.78 is 28.5. The Hall–Kier alpha value is -2.22. The van der Waals surface area contributed by atoms with Crippen LogP contribution in [0.4, 0.5) is 0 Å². The van der Waals surface area contributed by atoms with Gasteiger partial charge < -0.3 is 0 Å². The number of aromatic nitrogens is 2. The number of fused-ring (bicyclic) bond motifs is 1. The van der Waals surface area contributed by atoms with Crippen molar-refractivity contribution < 1.29 is 8.42 Å². The monoisotopic (exact) mass is 417 g/mol. The smallest absolute Gasteiger partial charge is 0.261 e. The molecule has 0 spiro atoms. The lowest BCUT2D eigenvalue weighted by Gasteiger charge is -2.32. The minimum Gasteiger partial charge on any atom is -0.296 e. The fourth-order valence-electron chi connectivity index (χ4n) is 3.64. The number of piperidine rings is 1. The molecule has 146 valence electrons. The first-order chi connectivity index (χ1) is 13.4. The molecule has 2 aromatic carbocycles. The third kappa shape index (κ3) is 3.83. The van der Waals surface area contributed by atoms with Gasteiger partial charge in [0.15, 0.2) is 0 Å². The van der Waals surface area contributed by atoms with Crippen molar-refractivity contribution in [2.24, 2.45) is 0 Å². The standard InChI is InChI=1S/C20H20ClN3O3S/c21-16-6-7-19-18(12-16)20(25)24(14-22-19)17-8-10-23(11-9-17)28(26,27)13-15-4-2-1-3-5-15/h1-7,12,14,17H,8-11,13H2. The number of rotatable bonds is 4. The van der Waals surface area contributed by atoms with Crippen LogP contribution in [0.25, 0.3) is 10.9 Å². The van der Waals surface area contributed by atoms with Crippen molar-refractivity contribution in [1.29, 1.82) is 0 Å². The van der Waals surface area contributed by atoms with Crippen molar-refractivity contribution in [1.82, 2.24) is 13.9 Å². The van der Waals surface area contributed by atoms with Crippen molar-refractivity contribution in [3.8, 4) is 0 Å². The molecule has 4 rings (SSSR count). The summed E-state index contributed by atoms with van der Waals surface area (Å²) in [6.07, 6.45) is 2.70. The Labute approximate surface area is 168 Å². The van der Waals surface area contributed by atoms with Gasteiger partial charge in [-0.15, -0.1) is 0 Å². The first-order valence-corrected chi connectivity index (χ1v) is 11.1. The molecule has 0 saturated carbocycles. The molecule has 1 saturated heterocycles.